The molecule has 0 spiro atoms. The van der Waals surface area contributed by atoms with Crippen molar-refractivity contribution in [2.75, 3.05) is 14.1 Å². The Kier molecular flexibility index (Phi) is 7.69. The Hall–Kier alpha value is -3.88. The van der Waals surface area contributed by atoms with Crippen molar-refractivity contribution in [3.8, 4) is 0 Å². The van der Waals surface area contributed by atoms with Crippen LogP contribution < -0.4 is 5.32 Å². The first-order valence-electron chi connectivity index (χ1n) is 15.4. The third-order valence-corrected chi connectivity index (χ3v) is 10.1. The Balaban J connectivity index is 1.32. The number of allylic oxidation sites excluding steroid dienone is 8. The molecule has 1 aliphatic heterocycles. The monoisotopic (exact) mass is 585 g/mol. The van der Waals surface area contributed by atoms with Crippen molar-refractivity contribution < 1.29 is 4.58 Å². The molecule has 0 saturated heterocycles. The molecule has 43 heavy (non-hydrogen) atoms. The molecule has 2 aliphatic rings. The summed E-state index contributed by atoms with van der Waals surface area (Å²) >= 11 is 7.13. The maximum atomic E-state index is 7.13. The minimum atomic E-state index is -0.200. The predicted octanol–water partition coefficient (Wildman–Crippen LogP) is 10.2. The Morgan fingerprint density at radius 1 is 0.860 bits per heavy atom. The van der Waals surface area contributed by atoms with Crippen LogP contribution in [-0.2, 0) is 10.8 Å². The second kappa shape index (κ2) is 11.3. The van der Waals surface area contributed by atoms with Gasteiger partial charge >= 0.3 is 0 Å². The van der Waals surface area contributed by atoms with Gasteiger partial charge in [-0.05, 0) is 83.5 Å². The number of nitrogens with one attached hydrogen (secondary N) is 1. The molecule has 0 unspecified atom stereocenters. The number of rotatable bonds is 6. The molecule has 0 bridgehead atoms. The summed E-state index contributed by atoms with van der Waals surface area (Å²) in [5.74, 6) is 0. The molecule has 4 aromatic rings. The number of fused-ring (bicyclic) bond motifs is 4. The minimum absolute atomic E-state index is 0.112. The van der Waals surface area contributed by atoms with E-state index in [1.54, 1.807) is 0 Å². The van der Waals surface area contributed by atoms with Gasteiger partial charge in [0.25, 0.3) is 0 Å². The molecule has 6 rings (SSSR count). The summed E-state index contributed by atoms with van der Waals surface area (Å²) in [6, 6.07) is 28.4. The lowest BCUT2D eigenvalue weighted by atomic mass is 9.78. The number of nitrogens with zero attached hydrogens (tertiary/aromatic N) is 1. The lowest BCUT2D eigenvalue weighted by Crippen LogP contribution is -2.28. The van der Waals surface area contributed by atoms with Crippen molar-refractivity contribution in [2.45, 2.75) is 57.8 Å². The van der Waals surface area contributed by atoms with Crippen molar-refractivity contribution in [3.05, 3.63) is 136 Å². The molecule has 4 aromatic carbocycles. The van der Waals surface area contributed by atoms with E-state index in [0.29, 0.717) is 0 Å². The highest BCUT2D eigenvalue weighted by Gasteiger charge is 2.44. The Morgan fingerprint density at radius 3 is 2.28 bits per heavy atom. The first-order chi connectivity index (χ1) is 20.6. The van der Waals surface area contributed by atoms with Crippen LogP contribution in [0.25, 0.3) is 21.5 Å². The molecule has 0 saturated carbocycles. The van der Waals surface area contributed by atoms with Crippen LogP contribution in [-0.4, -0.2) is 24.4 Å². The van der Waals surface area contributed by atoms with E-state index < -0.39 is 0 Å². The number of likely N-dealkylation sites (N-methyl/N-ethyl adjacent to an activating group) is 1. The van der Waals surface area contributed by atoms with Gasteiger partial charge in [0.05, 0.1) is 5.41 Å². The fourth-order valence-electron chi connectivity index (χ4n) is 7.28. The molecule has 1 aliphatic carbocycles. The first-order valence-corrected chi connectivity index (χ1v) is 15.8. The molecule has 0 aromatic heterocycles. The topological polar surface area (TPSA) is 15.0 Å². The highest BCUT2D eigenvalue weighted by Crippen LogP contribution is 2.44. The maximum Gasteiger partial charge on any atom is 0.210 e. The Morgan fingerprint density at radius 2 is 1.53 bits per heavy atom. The van der Waals surface area contributed by atoms with Gasteiger partial charge in [-0.2, -0.15) is 4.58 Å². The van der Waals surface area contributed by atoms with Gasteiger partial charge in [0.2, 0.25) is 5.69 Å². The third kappa shape index (κ3) is 5.06. The highest BCUT2D eigenvalue weighted by molar-refractivity contribution is 6.32. The van der Waals surface area contributed by atoms with Gasteiger partial charge in [0.1, 0.15) is 7.05 Å². The second-order valence-corrected chi connectivity index (χ2v) is 13.3. The molecular formula is C40H42ClN2+. The van der Waals surface area contributed by atoms with Crippen LogP contribution in [0.1, 0.15) is 58.1 Å². The Bertz CT molecular complexity index is 1890. The van der Waals surface area contributed by atoms with E-state index in [1.165, 1.54) is 60.9 Å². The molecule has 0 amide bonds. The van der Waals surface area contributed by atoms with E-state index in [4.69, 9.17) is 11.6 Å². The number of hydrogen-bond acceptors (Lipinski definition) is 1. The van der Waals surface area contributed by atoms with E-state index >= 15 is 0 Å². The fraction of sp³-hybridized carbons (Fsp3) is 0.275. The normalized spacial score (nSPS) is 18.4. The van der Waals surface area contributed by atoms with Crippen LogP contribution in [0.4, 0.5) is 5.69 Å². The van der Waals surface area contributed by atoms with E-state index in [0.717, 1.165) is 24.3 Å². The summed E-state index contributed by atoms with van der Waals surface area (Å²) in [6.45, 7) is 9.26. The summed E-state index contributed by atoms with van der Waals surface area (Å²) in [5, 5.41) is 9.57. The molecule has 2 nitrogen and oxygen atoms in total. The Labute approximate surface area is 261 Å². The lowest BCUT2D eigenvalue weighted by molar-refractivity contribution is -0.401. The van der Waals surface area contributed by atoms with Gasteiger partial charge in [-0.3, -0.25) is 0 Å². The summed E-state index contributed by atoms with van der Waals surface area (Å²) in [7, 11) is 4.20. The van der Waals surface area contributed by atoms with Gasteiger partial charge in [0, 0.05) is 40.9 Å². The van der Waals surface area contributed by atoms with Crippen LogP contribution in [0.2, 0.25) is 0 Å². The van der Waals surface area contributed by atoms with Crippen LogP contribution in [0.5, 0.6) is 0 Å². The van der Waals surface area contributed by atoms with Gasteiger partial charge in [0.15, 0.2) is 5.71 Å². The highest BCUT2D eigenvalue weighted by atomic mass is 35.5. The van der Waals surface area contributed by atoms with Crippen molar-refractivity contribution in [1.82, 2.24) is 5.32 Å². The van der Waals surface area contributed by atoms with Crippen molar-refractivity contribution in [2.24, 2.45) is 0 Å². The van der Waals surface area contributed by atoms with Crippen molar-refractivity contribution in [3.63, 3.8) is 0 Å². The molecule has 0 atom stereocenters. The summed E-state index contributed by atoms with van der Waals surface area (Å²) < 4.78 is 2.35. The maximum absolute atomic E-state index is 7.13. The molecule has 1 N–H and O–H groups in total. The minimum Gasteiger partial charge on any atom is -0.391 e. The summed E-state index contributed by atoms with van der Waals surface area (Å²) in [5.41, 5.74) is 8.55. The molecule has 218 valence electrons. The molecule has 1 heterocycles. The van der Waals surface area contributed by atoms with Crippen LogP contribution in [0.3, 0.4) is 0 Å². The average Bonchev–Trinajstić information content (AvgIpc) is 3.21. The number of benzene rings is 4. The summed E-state index contributed by atoms with van der Waals surface area (Å²) in [6.07, 6.45) is 12.1. The quantitative estimate of drug-likeness (QED) is 0.222. The SMILES string of the molecule is CN/C(=C/C=C1\CCCC(/C=C/C2=[N+](C)c3ccc4ccccc4c3C2(C)C)=C1Cl)C(C)(C)c1cccc2ccccc12. The lowest BCUT2D eigenvalue weighted by Gasteiger charge is -2.30. The zero-order valence-corrected chi connectivity index (χ0v) is 27.0. The van der Waals surface area contributed by atoms with Gasteiger partial charge in [-0.25, -0.2) is 0 Å². The molecule has 0 radical (unpaired) electrons. The smallest absolute Gasteiger partial charge is 0.210 e. The van der Waals surface area contributed by atoms with E-state index in [1.807, 2.05) is 7.05 Å². The number of hydrogen-bond donors (Lipinski definition) is 1. The van der Waals surface area contributed by atoms with Crippen LogP contribution in [0, 0.1) is 0 Å². The molecule has 0 fully saturated rings. The van der Waals surface area contributed by atoms with Gasteiger partial charge in [-0.15, -0.1) is 0 Å². The van der Waals surface area contributed by atoms with Crippen LogP contribution in [0.15, 0.2) is 125 Å². The first kappa shape index (κ1) is 29.2. The standard InChI is InChI=1S/C40H41ClN2/c1-39(2,33-20-12-15-27-13-7-9-18-31(27)33)35(42-5)25-22-29-16-11-17-30(38(29)41)23-26-36-40(3,4)37-32-19-10-8-14-28(32)21-24-34(37)43(36)6/h7-10,12-15,18-26H,11,16-17H2,1-6H3/p+1. The van der Waals surface area contributed by atoms with E-state index in [9.17, 15) is 0 Å². The van der Waals surface area contributed by atoms with E-state index in [2.05, 4.69) is 148 Å². The summed E-state index contributed by atoms with van der Waals surface area (Å²) in [4.78, 5) is 0. The zero-order valence-electron chi connectivity index (χ0n) is 26.3. The van der Waals surface area contributed by atoms with Crippen LogP contribution >= 0.6 is 11.6 Å². The average molecular weight is 586 g/mol. The third-order valence-electron chi connectivity index (χ3n) is 9.65. The van der Waals surface area contributed by atoms with Gasteiger partial charge < -0.3 is 5.32 Å². The zero-order chi connectivity index (χ0) is 30.4. The molecular weight excluding hydrogens is 544 g/mol. The van der Waals surface area contributed by atoms with Crippen molar-refractivity contribution in [1.29, 1.82) is 0 Å². The van der Waals surface area contributed by atoms with Gasteiger partial charge in [-0.1, -0.05) is 104 Å². The second-order valence-electron chi connectivity index (χ2n) is 13.0. The molecule has 3 heteroatoms. The number of halogens is 1. The predicted molar refractivity (Wildman–Crippen MR) is 186 cm³/mol. The van der Waals surface area contributed by atoms with E-state index in [-0.39, 0.29) is 10.8 Å². The van der Waals surface area contributed by atoms with Crippen molar-refractivity contribution >= 4 is 44.5 Å². The largest absolute Gasteiger partial charge is 0.391 e. The fourth-order valence-corrected chi connectivity index (χ4v) is 7.60.